The number of carbonyl (C=O) groups excluding carboxylic acids is 1. The lowest BCUT2D eigenvalue weighted by atomic mass is 10.2. The van der Waals surface area contributed by atoms with E-state index < -0.39 is 0 Å². The van der Waals surface area contributed by atoms with Crippen molar-refractivity contribution in [3.05, 3.63) is 60.2 Å². The Labute approximate surface area is 135 Å². The minimum Gasteiger partial charge on any atom is -0.487 e. The number of aldehydes is 1. The number of nitrogens with one attached hydrogen (secondary N) is 1. The van der Waals surface area contributed by atoms with Gasteiger partial charge < -0.3 is 10.1 Å². The molecule has 118 valence electrons. The average molecular weight is 309 g/mol. The molecule has 0 amide bonds. The molecule has 0 aromatic heterocycles. The van der Waals surface area contributed by atoms with Gasteiger partial charge in [0.25, 0.3) is 0 Å². The topological polar surface area (TPSA) is 65.8 Å². The van der Waals surface area contributed by atoms with Gasteiger partial charge in [0.15, 0.2) is 0 Å². The number of benzene rings is 2. The highest BCUT2D eigenvalue weighted by atomic mass is 16.5. The van der Waals surface area contributed by atoms with Gasteiger partial charge in [-0.2, -0.15) is 5.10 Å². The van der Waals surface area contributed by atoms with Crippen LogP contribution < -0.4 is 9.75 Å². The van der Waals surface area contributed by atoms with Crippen molar-refractivity contribution < 1.29 is 9.53 Å². The molecule has 0 atom stereocenters. The summed E-state index contributed by atoms with van der Waals surface area (Å²) in [5.41, 5.74) is 2.33. The Morgan fingerprint density at radius 1 is 1.22 bits per heavy atom. The first-order valence-corrected chi connectivity index (χ1v) is 7.20. The molecular formula is C18H19N3O2. The summed E-state index contributed by atoms with van der Waals surface area (Å²) < 4.78 is 5.65. The fourth-order valence-corrected chi connectivity index (χ4v) is 1.92. The summed E-state index contributed by atoms with van der Waals surface area (Å²) in [5.74, 6) is 0.575. The molecule has 0 saturated heterocycles. The molecular weight excluding hydrogens is 290 g/mol. The second-order valence-corrected chi connectivity index (χ2v) is 5.01. The molecule has 23 heavy (non-hydrogen) atoms. The lowest BCUT2D eigenvalue weighted by Gasteiger charge is -2.16. The largest absolute Gasteiger partial charge is 0.487 e. The standard InChI is InChI=1S/C18H19N3O2/c1-14(19)18(20-21(2)16-8-4-3-5-9-16)13-23-17-10-6-7-15(11-17)12-22/h3-12,19H,13H2,1-2H3/b19-14?,20-18-. The van der Waals surface area contributed by atoms with Crippen LogP contribution in [0, 0.1) is 5.41 Å². The van der Waals surface area contributed by atoms with E-state index in [0.717, 1.165) is 12.0 Å². The van der Waals surface area contributed by atoms with Gasteiger partial charge in [0, 0.05) is 12.6 Å². The van der Waals surface area contributed by atoms with Crippen molar-refractivity contribution in [1.82, 2.24) is 0 Å². The fourth-order valence-electron chi connectivity index (χ4n) is 1.92. The summed E-state index contributed by atoms with van der Waals surface area (Å²) in [6, 6.07) is 16.6. The van der Waals surface area contributed by atoms with Gasteiger partial charge in [0.1, 0.15) is 24.4 Å². The molecule has 0 heterocycles. The summed E-state index contributed by atoms with van der Waals surface area (Å²) >= 11 is 0. The zero-order valence-electron chi connectivity index (χ0n) is 13.2. The first-order valence-electron chi connectivity index (χ1n) is 7.20. The summed E-state index contributed by atoms with van der Waals surface area (Å²) in [6.45, 7) is 1.83. The van der Waals surface area contributed by atoms with Crippen molar-refractivity contribution in [3.8, 4) is 5.75 Å². The first kappa shape index (κ1) is 16.4. The third kappa shape index (κ3) is 4.78. The molecule has 0 saturated carbocycles. The van der Waals surface area contributed by atoms with Crippen LogP contribution in [0.1, 0.15) is 17.3 Å². The molecule has 0 aliphatic heterocycles. The van der Waals surface area contributed by atoms with Crippen molar-refractivity contribution in [1.29, 1.82) is 5.41 Å². The molecule has 0 fully saturated rings. The molecule has 0 aliphatic carbocycles. The Hall–Kier alpha value is -2.95. The van der Waals surface area contributed by atoms with Crippen molar-refractivity contribution in [2.45, 2.75) is 6.92 Å². The van der Waals surface area contributed by atoms with Crippen LogP contribution in [0.5, 0.6) is 5.75 Å². The van der Waals surface area contributed by atoms with E-state index >= 15 is 0 Å². The lowest BCUT2D eigenvalue weighted by Crippen LogP contribution is -2.23. The van der Waals surface area contributed by atoms with Gasteiger partial charge >= 0.3 is 0 Å². The molecule has 5 heteroatoms. The highest BCUT2D eigenvalue weighted by Crippen LogP contribution is 2.13. The van der Waals surface area contributed by atoms with Crippen LogP contribution in [-0.2, 0) is 0 Å². The van der Waals surface area contributed by atoms with E-state index in [1.54, 1.807) is 36.2 Å². The second kappa shape index (κ2) is 7.89. The van der Waals surface area contributed by atoms with E-state index in [4.69, 9.17) is 10.1 Å². The van der Waals surface area contributed by atoms with E-state index in [1.807, 2.05) is 37.4 Å². The van der Waals surface area contributed by atoms with Crippen LogP contribution in [-0.4, -0.2) is 31.4 Å². The summed E-state index contributed by atoms with van der Waals surface area (Å²) in [5, 5.41) is 14.0. The number of carbonyl (C=O) groups is 1. The number of hydrogen-bond donors (Lipinski definition) is 1. The third-order valence-corrected chi connectivity index (χ3v) is 3.20. The summed E-state index contributed by atoms with van der Waals surface area (Å²) in [6.07, 6.45) is 0.771. The zero-order chi connectivity index (χ0) is 16.7. The number of nitrogens with zero attached hydrogens (tertiary/aromatic N) is 2. The van der Waals surface area contributed by atoms with Crippen LogP contribution in [0.4, 0.5) is 5.69 Å². The van der Waals surface area contributed by atoms with E-state index in [9.17, 15) is 4.79 Å². The smallest absolute Gasteiger partial charge is 0.150 e. The second-order valence-electron chi connectivity index (χ2n) is 5.01. The number of hydrazone groups is 1. The SMILES string of the molecule is CC(=N)/C(COc1cccc(C=O)c1)=N\N(C)c1ccccc1. The Morgan fingerprint density at radius 2 is 1.96 bits per heavy atom. The van der Waals surface area contributed by atoms with Crippen LogP contribution in [0.2, 0.25) is 0 Å². The monoisotopic (exact) mass is 309 g/mol. The Bertz CT molecular complexity index is 711. The third-order valence-electron chi connectivity index (χ3n) is 3.20. The molecule has 2 rings (SSSR count). The molecule has 0 aliphatic rings. The van der Waals surface area contributed by atoms with Gasteiger partial charge in [-0.1, -0.05) is 30.3 Å². The van der Waals surface area contributed by atoms with Gasteiger partial charge in [-0.05, 0) is 31.2 Å². The van der Waals surface area contributed by atoms with E-state index in [-0.39, 0.29) is 6.61 Å². The molecule has 2 aromatic rings. The molecule has 0 radical (unpaired) electrons. The predicted molar refractivity (Wildman–Crippen MR) is 93.0 cm³/mol. The van der Waals surface area contributed by atoms with Crippen molar-refractivity contribution in [2.75, 3.05) is 18.7 Å². The predicted octanol–water partition coefficient (Wildman–Crippen LogP) is 3.41. The molecule has 1 N–H and O–H groups in total. The minimum absolute atomic E-state index is 0.162. The van der Waals surface area contributed by atoms with E-state index in [0.29, 0.717) is 22.7 Å². The highest BCUT2D eigenvalue weighted by molar-refractivity contribution is 6.41. The highest BCUT2D eigenvalue weighted by Gasteiger charge is 2.07. The van der Waals surface area contributed by atoms with E-state index in [2.05, 4.69) is 5.10 Å². The van der Waals surface area contributed by atoms with E-state index in [1.165, 1.54) is 0 Å². The summed E-state index contributed by atoms with van der Waals surface area (Å²) in [4.78, 5) is 10.8. The molecule has 0 spiro atoms. The molecule has 0 bridgehead atoms. The number of rotatable bonds is 7. The van der Waals surface area contributed by atoms with Gasteiger partial charge in [-0.25, -0.2) is 0 Å². The quantitative estimate of drug-likeness (QED) is 0.484. The van der Waals surface area contributed by atoms with Gasteiger partial charge in [0.05, 0.1) is 11.4 Å². The summed E-state index contributed by atoms with van der Waals surface area (Å²) in [7, 11) is 1.82. The molecule has 5 nitrogen and oxygen atoms in total. The number of hydrogen-bond acceptors (Lipinski definition) is 5. The van der Waals surface area contributed by atoms with Gasteiger partial charge in [-0.15, -0.1) is 0 Å². The normalized spacial score (nSPS) is 11.0. The maximum Gasteiger partial charge on any atom is 0.150 e. The number of para-hydroxylation sites is 1. The maximum absolute atomic E-state index is 10.8. The van der Waals surface area contributed by atoms with Crippen LogP contribution in [0.3, 0.4) is 0 Å². The maximum atomic E-state index is 10.8. The molecule has 0 unspecified atom stereocenters. The van der Waals surface area contributed by atoms with Gasteiger partial charge in [-0.3, -0.25) is 9.80 Å². The minimum atomic E-state index is 0.162. The van der Waals surface area contributed by atoms with Crippen molar-refractivity contribution >= 4 is 23.4 Å². The fraction of sp³-hybridized carbons (Fsp3) is 0.167. The van der Waals surface area contributed by atoms with Crippen LogP contribution >= 0.6 is 0 Å². The lowest BCUT2D eigenvalue weighted by molar-refractivity contribution is 0.112. The van der Waals surface area contributed by atoms with Crippen LogP contribution in [0.25, 0.3) is 0 Å². The van der Waals surface area contributed by atoms with Crippen molar-refractivity contribution in [3.63, 3.8) is 0 Å². The Kier molecular flexibility index (Phi) is 5.63. The first-order chi connectivity index (χ1) is 11.1. The van der Waals surface area contributed by atoms with Gasteiger partial charge in [0.2, 0.25) is 0 Å². The zero-order valence-corrected chi connectivity index (χ0v) is 13.2. The molecule has 2 aromatic carbocycles. The Morgan fingerprint density at radius 3 is 2.61 bits per heavy atom. The van der Waals surface area contributed by atoms with Crippen molar-refractivity contribution in [2.24, 2.45) is 5.10 Å². The Balaban J connectivity index is 2.10. The number of ether oxygens (including phenoxy) is 1. The van der Waals surface area contributed by atoms with Crippen LogP contribution in [0.15, 0.2) is 59.7 Å². The average Bonchev–Trinajstić information content (AvgIpc) is 2.59. The number of anilines is 1.